The van der Waals surface area contributed by atoms with E-state index in [9.17, 15) is 4.39 Å². The molecule has 0 fully saturated rings. The molecule has 0 spiro atoms. The van der Waals surface area contributed by atoms with Crippen LogP contribution in [0.2, 0.25) is 5.02 Å². The summed E-state index contributed by atoms with van der Waals surface area (Å²) >= 11 is 6.42. The normalized spacial score (nSPS) is 11.1. The second kappa shape index (κ2) is 11.3. The van der Waals surface area contributed by atoms with Crippen molar-refractivity contribution in [2.75, 3.05) is 0 Å². The van der Waals surface area contributed by atoms with Crippen molar-refractivity contribution in [1.82, 2.24) is 0 Å². The van der Waals surface area contributed by atoms with Gasteiger partial charge in [-0.15, -0.1) is 0 Å². The summed E-state index contributed by atoms with van der Waals surface area (Å²) in [5.74, 6) is -0.264. The Morgan fingerprint density at radius 1 is 0.633 bits per heavy atom. The molecule has 0 amide bonds. The fraction of sp³-hybridized carbons (Fsp3) is 0.357. The molecule has 0 N–H and O–H groups in total. The van der Waals surface area contributed by atoms with Crippen LogP contribution in [-0.2, 0) is 12.8 Å². The van der Waals surface area contributed by atoms with Gasteiger partial charge in [0.25, 0.3) is 0 Å². The minimum atomic E-state index is -0.264. The standard InChI is InChI=1S/C28H32ClF/c1-3-5-6-7-8-10-25-19-20-26(27(29)28(25)30)24-17-15-23(16-18-24)22-13-11-21(9-4-2)12-14-22/h11-20H,3-10H2,1-2H3. The lowest BCUT2D eigenvalue weighted by atomic mass is 9.97. The van der Waals surface area contributed by atoms with Crippen LogP contribution in [0.3, 0.4) is 0 Å². The fourth-order valence-corrected chi connectivity index (χ4v) is 4.21. The predicted molar refractivity (Wildman–Crippen MR) is 129 cm³/mol. The Morgan fingerprint density at radius 3 is 1.87 bits per heavy atom. The van der Waals surface area contributed by atoms with Crippen molar-refractivity contribution in [2.24, 2.45) is 0 Å². The molecule has 0 nitrogen and oxygen atoms in total. The average molecular weight is 423 g/mol. The maximum Gasteiger partial charge on any atom is 0.145 e. The summed E-state index contributed by atoms with van der Waals surface area (Å²) < 4.78 is 14.8. The van der Waals surface area contributed by atoms with Crippen molar-refractivity contribution in [3.05, 3.63) is 82.6 Å². The highest BCUT2D eigenvalue weighted by molar-refractivity contribution is 6.33. The molecule has 158 valence electrons. The Bertz CT molecular complexity index is 926. The number of hydrogen-bond donors (Lipinski definition) is 0. The van der Waals surface area contributed by atoms with Gasteiger partial charge in [0.2, 0.25) is 0 Å². The summed E-state index contributed by atoms with van der Waals surface area (Å²) in [6, 6.07) is 20.8. The van der Waals surface area contributed by atoms with E-state index in [1.807, 2.05) is 24.3 Å². The van der Waals surface area contributed by atoms with E-state index in [1.165, 1.54) is 30.4 Å². The molecule has 0 saturated carbocycles. The molecule has 2 heteroatoms. The highest BCUT2D eigenvalue weighted by Gasteiger charge is 2.13. The first-order valence-corrected chi connectivity index (χ1v) is 11.7. The van der Waals surface area contributed by atoms with Gasteiger partial charge >= 0.3 is 0 Å². The van der Waals surface area contributed by atoms with Crippen LogP contribution < -0.4 is 0 Å². The van der Waals surface area contributed by atoms with Gasteiger partial charge in [-0.2, -0.15) is 0 Å². The van der Waals surface area contributed by atoms with Gasteiger partial charge < -0.3 is 0 Å². The molecule has 0 heterocycles. The zero-order valence-corrected chi connectivity index (χ0v) is 18.9. The van der Waals surface area contributed by atoms with Crippen LogP contribution in [0.1, 0.15) is 63.5 Å². The van der Waals surface area contributed by atoms with Crippen molar-refractivity contribution in [1.29, 1.82) is 0 Å². The highest BCUT2D eigenvalue weighted by atomic mass is 35.5. The van der Waals surface area contributed by atoms with E-state index in [0.717, 1.165) is 54.4 Å². The van der Waals surface area contributed by atoms with E-state index in [2.05, 4.69) is 50.2 Å². The quantitative estimate of drug-likeness (QED) is 0.285. The molecule has 0 unspecified atom stereocenters. The van der Waals surface area contributed by atoms with Crippen LogP contribution in [-0.4, -0.2) is 0 Å². The Kier molecular flexibility index (Phi) is 8.51. The molecule has 30 heavy (non-hydrogen) atoms. The van der Waals surface area contributed by atoms with Gasteiger partial charge in [0, 0.05) is 5.56 Å². The lowest BCUT2D eigenvalue weighted by Gasteiger charge is -2.11. The van der Waals surface area contributed by atoms with Crippen LogP contribution >= 0.6 is 11.6 Å². The summed E-state index contributed by atoms with van der Waals surface area (Å²) in [6.07, 6.45) is 8.87. The number of hydrogen-bond acceptors (Lipinski definition) is 0. The Balaban J connectivity index is 1.72. The summed E-state index contributed by atoms with van der Waals surface area (Å²) in [5, 5.41) is 0.234. The summed E-state index contributed by atoms with van der Waals surface area (Å²) in [5.41, 5.74) is 6.14. The minimum Gasteiger partial charge on any atom is -0.205 e. The van der Waals surface area contributed by atoms with Crippen LogP contribution in [0.5, 0.6) is 0 Å². The minimum absolute atomic E-state index is 0.234. The van der Waals surface area contributed by atoms with Crippen LogP contribution in [0.15, 0.2) is 60.7 Å². The second-order valence-corrected chi connectivity index (χ2v) is 8.47. The molecule has 0 aliphatic rings. The smallest absolute Gasteiger partial charge is 0.145 e. The number of aryl methyl sites for hydroxylation is 2. The zero-order valence-electron chi connectivity index (χ0n) is 18.2. The summed E-state index contributed by atoms with van der Waals surface area (Å²) in [4.78, 5) is 0. The van der Waals surface area contributed by atoms with E-state index in [0.29, 0.717) is 0 Å². The molecule has 0 aromatic heterocycles. The van der Waals surface area contributed by atoms with Crippen LogP contribution in [0.25, 0.3) is 22.3 Å². The SMILES string of the molecule is CCCCCCCc1ccc(-c2ccc(-c3ccc(CCC)cc3)cc2)c(Cl)c1F. The molecule has 0 atom stereocenters. The van der Waals surface area contributed by atoms with Gasteiger partial charge in [-0.25, -0.2) is 4.39 Å². The number of halogens is 2. The number of benzene rings is 3. The van der Waals surface area contributed by atoms with Crippen molar-refractivity contribution in [2.45, 2.75) is 65.2 Å². The number of unbranched alkanes of at least 4 members (excludes halogenated alkanes) is 4. The molecule has 0 saturated heterocycles. The van der Waals surface area contributed by atoms with E-state index >= 15 is 0 Å². The zero-order chi connectivity index (χ0) is 21.3. The maximum atomic E-state index is 14.8. The van der Waals surface area contributed by atoms with Gasteiger partial charge in [0.1, 0.15) is 5.82 Å². The highest BCUT2D eigenvalue weighted by Crippen LogP contribution is 2.33. The predicted octanol–water partition coefficient (Wildman–Crippen LogP) is 9.28. The molecule has 0 radical (unpaired) electrons. The summed E-state index contributed by atoms with van der Waals surface area (Å²) in [7, 11) is 0. The number of rotatable bonds is 10. The van der Waals surface area contributed by atoms with Crippen molar-refractivity contribution >= 4 is 11.6 Å². The van der Waals surface area contributed by atoms with E-state index in [-0.39, 0.29) is 10.8 Å². The maximum absolute atomic E-state index is 14.8. The molecule has 0 aliphatic carbocycles. The third-order valence-electron chi connectivity index (χ3n) is 5.73. The van der Waals surface area contributed by atoms with Gasteiger partial charge in [-0.3, -0.25) is 0 Å². The second-order valence-electron chi connectivity index (χ2n) is 8.09. The largest absolute Gasteiger partial charge is 0.205 e. The van der Waals surface area contributed by atoms with Gasteiger partial charge in [0.15, 0.2) is 0 Å². The Morgan fingerprint density at radius 2 is 1.23 bits per heavy atom. The monoisotopic (exact) mass is 422 g/mol. The molecule has 0 bridgehead atoms. The van der Waals surface area contributed by atoms with Crippen LogP contribution in [0.4, 0.5) is 4.39 Å². The topological polar surface area (TPSA) is 0 Å². The van der Waals surface area contributed by atoms with E-state index in [1.54, 1.807) is 0 Å². The molecule has 3 aromatic carbocycles. The van der Waals surface area contributed by atoms with E-state index < -0.39 is 0 Å². The summed E-state index contributed by atoms with van der Waals surface area (Å²) in [6.45, 7) is 4.40. The third-order valence-corrected chi connectivity index (χ3v) is 6.10. The molecular weight excluding hydrogens is 391 g/mol. The van der Waals surface area contributed by atoms with Gasteiger partial charge in [-0.05, 0) is 47.1 Å². The van der Waals surface area contributed by atoms with Gasteiger partial charge in [-0.1, -0.05) is 118 Å². The Hall–Kier alpha value is -2.12. The average Bonchev–Trinajstić information content (AvgIpc) is 2.77. The fourth-order valence-electron chi connectivity index (χ4n) is 3.92. The first kappa shape index (κ1) is 22.6. The van der Waals surface area contributed by atoms with Crippen molar-refractivity contribution < 1.29 is 4.39 Å². The van der Waals surface area contributed by atoms with Crippen molar-refractivity contribution in [3.8, 4) is 22.3 Å². The third kappa shape index (κ3) is 5.73. The molecule has 0 aliphatic heterocycles. The molecular formula is C28H32ClF. The first-order valence-electron chi connectivity index (χ1n) is 11.3. The van der Waals surface area contributed by atoms with Gasteiger partial charge in [0.05, 0.1) is 5.02 Å². The molecule has 3 rings (SSSR count). The molecule has 3 aromatic rings. The lowest BCUT2D eigenvalue weighted by molar-refractivity contribution is 0.588. The van der Waals surface area contributed by atoms with E-state index in [4.69, 9.17) is 11.6 Å². The first-order chi connectivity index (χ1) is 14.6. The Labute approximate surface area is 186 Å². The van der Waals surface area contributed by atoms with Crippen LogP contribution in [0, 0.1) is 5.82 Å². The lowest BCUT2D eigenvalue weighted by Crippen LogP contribution is -1.94. The van der Waals surface area contributed by atoms with Crippen molar-refractivity contribution in [3.63, 3.8) is 0 Å².